The molecule has 0 spiro atoms. The third kappa shape index (κ3) is 63.3. The maximum Gasteiger partial charge on any atom is 0.305 e. The molecule has 2 unspecified atom stereocenters. The van der Waals surface area contributed by atoms with E-state index < -0.39 is 12.1 Å². The first-order valence-corrected chi connectivity index (χ1v) is 35.2. The van der Waals surface area contributed by atoms with Gasteiger partial charge < -0.3 is 20.3 Å². The summed E-state index contributed by atoms with van der Waals surface area (Å²) in [6, 6.07) is -0.545. The van der Waals surface area contributed by atoms with Crippen LogP contribution in [0.4, 0.5) is 0 Å². The molecule has 3 N–H and O–H groups in total. The fourth-order valence-electron chi connectivity index (χ4n) is 11.0. The molecule has 0 aromatic rings. The highest BCUT2D eigenvalue weighted by atomic mass is 16.5. The van der Waals surface area contributed by atoms with Crippen LogP contribution in [-0.2, 0) is 14.3 Å². The minimum Gasteiger partial charge on any atom is -0.466 e. The van der Waals surface area contributed by atoms with E-state index in [0.29, 0.717) is 25.9 Å². The second kappa shape index (κ2) is 67.6. The second-order valence-corrected chi connectivity index (χ2v) is 24.2. The molecule has 0 aromatic carbocycles. The topological polar surface area (TPSA) is 95.9 Å². The lowest BCUT2D eigenvalue weighted by atomic mass is 10.0. The number of esters is 1. The largest absolute Gasteiger partial charge is 0.466 e. The third-order valence-corrected chi connectivity index (χ3v) is 16.4. The number of rotatable bonds is 66. The highest BCUT2D eigenvalue weighted by Gasteiger charge is 2.20. The SMILES string of the molecule is CCCCC/C=C\CCCCCCCC(=O)OCCCCCCCCCCC/C=C\C/C=C\CCCCCCCCCCCCCC(=O)NC(CO)C(O)CCCCCCCCCCCCCCCCCCCCCCCC. The molecule has 0 saturated heterocycles. The van der Waals surface area contributed by atoms with Gasteiger partial charge in [0.2, 0.25) is 5.91 Å². The average Bonchev–Trinajstić information content (AvgIpc) is 3.44. The van der Waals surface area contributed by atoms with Gasteiger partial charge in [-0.2, -0.15) is 0 Å². The minimum absolute atomic E-state index is 0.000927. The Labute approximate surface area is 487 Å². The van der Waals surface area contributed by atoms with Crippen LogP contribution in [0.15, 0.2) is 36.5 Å². The highest BCUT2D eigenvalue weighted by Crippen LogP contribution is 2.18. The molecule has 0 radical (unpaired) electrons. The van der Waals surface area contributed by atoms with Crippen molar-refractivity contribution >= 4 is 11.9 Å². The fraction of sp³-hybridized carbons (Fsp3) is 0.889. The molecule has 78 heavy (non-hydrogen) atoms. The lowest BCUT2D eigenvalue weighted by Crippen LogP contribution is -2.45. The van der Waals surface area contributed by atoms with Gasteiger partial charge in [0.15, 0.2) is 0 Å². The molecule has 0 aliphatic rings. The molecule has 1 amide bonds. The number of ether oxygens (including phenoxy) is 1. The number of allylic oxidation sites excluding steroid dienone is 6. The van der Waals surface area contributed by atoms with Crippen LogP contribution >= 0.6 is 0 Å². The highest BCUT2D eigenvalue weighted by molar-refractivity contribution is 5.76. The molecule has 0 fully saturated rings. The van der Waals surface area contributed by atoms with Gasteiger partial charge in [0.25, 0.3) is 0 Å². The van der Waals surface area contributed by atoms with Gasteiger partial charge in [0.05, 0.1) is 25.4 Å². The van der Waals surface area contributed by atoms with Crippen molar-refractivity contribution in [3.63, 3.8) is 0 Å². The van der Waals surface area contributed by atoms with E-state index in [0.717, 1.165) is 51.4 Å². The summed E-state index contributed by atoms with van der Waals surface area (Å²) < 4.78 is 5.47. The van der Waals surface area contributed by atoms with Crippen LogP contribution in [0.5, 0.6) is 0 Å². The van der Waals surface area contributed by atoms with Crippen molar-refractivity contribution in [1.29, 1.82) is 0 Å². The summed E-state index contributed by atoms with van der Waals surface area (Å²) >= 11 is 0. The van der Waals surface area contributed by atoms with E-state index in [1.807, 2.05) is 0 Å². The molecular formula is C72H137NO5. The summed E-state index contributed by atoms with van der Waals surface area (Å²) in [5, 5.41) is 23.4. The quantitative estimate of drug-likeness (QED) is 0.0320. The maximum atomic E-state index is 12.5. The van der Waals surface area contributed by atoms with Crippen LogP contribution in [0.25, 0.3) is 0 Å². The Balaban J connectivity index is 3.42. The molecule has 0 heterocycles. The first-order chi connectivity index (χ1) is 38.5. The number of aliphatic hydroxyl groups is 2. The van der Waals surface area contributed by atoms with Crippen LogP contribution in [0, 0.1) is 0 Å². The van der Waals surface area contributed by atoms with Crippen molar-refractivity contribution < 1.29 is 24.5 Å². The van der Waals surface area contributed by atoms with Gasteiger partial charge in [0, 0.05) is 12.8 Å². The van der Waals surface area contributed by atoms with Crippen LogP contribution in [0.2, 0.25) is 0 Å². The lowest BCUT2D eigenvalue weighted by molar-refractivity contribution is -0.143. The molecule has 0 rings (SSSR count). The van der Waals surface area contributed by atoms with E-state index in [-0.39, 0.29) is 18.5 Å². The number of carbonyl (C=O) groups is 2. The van der Waals surface area contributed by atoms with Crippen molar-refractivity contribution in [1.82, 2.24) is 5.32 Å². The van der Waals surface area contributed by atoms with Gasteiger partial charge in [-0.15, -0.1) is 0 Å². The maximum absolute atomic E-state index is 12.5. The standard InChI is InChI=1S/C72H137NO5/c1-3-5-7-9-11-13-15-17-18-19-20-21-29-32-35-38-41-44-48-52-56-60-64-70(75)69(68-74)73-71(76)65-61-57-53-49-45-42-39-36-33-30-27-25-23-22-24-26-28-31-34-37-40-43-47-51-55-59-63-67-78-72(77)66-62-58-54-50-46-16-14-12-10-8-6-4-2/h12,14,22-23,26,28,69-70,74-75H,3-11,13,15-21,24-25,27,29-68H2,1-2H3,(H,73,76)/b14-12-,23-22-,28-26-. The Morgan fingerprint density at radius 2 is 0.641 bits per heavy atom. The van der Waals surface area contributed by atoms with E-state index in [1.165, 1.54) is 302 Å². The van der Waals surface area contributed by atoms with Crippen molar-refractivity contribution in [2.75, 3.05) is 13.2 Å². The van der Waals surface area contributed by atoms with Gasteiger partial charge in [-0.25, -0.2) is 0 Å². The fourth-order valence-corrected chi connectivity index (χ4v) is 11.0. The van der Waals surface area contributed by atoms with E-state index in [1.54, 1.807) is 0 Å². The molecule has 6 heteroatoms. The first kappa shape index (κ1) is 76.1. The molecule has 6 nitrogen and oxygen atoms in total. The van der Waals surface area contributed by atoms with Gasteiger partial charge >= 0.3 is 5.97 Å². The van der Waals surface area contributed by atoms with E-state index in [4.69, 9.17) is 4.74 Å². The average molecular weight is 1100 g/mol. The zero-order valence-electron chi connectivity index (χ0n) is 52.7. The summed E-state index contributed by atoms with van der Waals surface area (Å²) in [6.07, 6.45) is 86.2. The smallest absolute Gasteiger partial charge is 0.305 e. The molecule has 0 bridgehead atoms. The van der Waals surface area contributed by atoms with Crippen LogP contribution in [0.3, 0.4) is 0 Å². The Hall–Kier alpha value is -1.92. The normalized spacial score (nSPS) is 12.7. The number of aliphatic hydroxyl groups excluding tert-OH is 2. The van der Waals surface area contributed by atoms with E-state index in [2.05, 4.69) is 55.6 Å². The second-order valence-electron chi connectivity index (χ2n) is 24.2. The molecule has 0 saturated carbocycles. The van der Waals surface area contributed by atoms with E-state index >= 15 is 0 Å². The summed E-state index contributed by atoms with van der Waals surface area (Å²) in [6.45, 7) is 4.95. The zero-order chi connectivity index (χ0) is 56.4. The number of unbranched alkanes of at least 4 members (excludes halogenated alkanes) is 49. The van der Waals surface area contributed by atoms with Crippen LogP contribution < -0.4 is 5.32 Å². The molecule has 0 aliphatic carbocycles. The number of hydrogen-bond acceptors (Lipinski definition) is 5. The zero-order valence-corrected chi connectivity index (χ0v) is 52.7. The lowest BCUT2D eigenvalue weighted by Gasteiger charge is -2.22. The number of nitrogens with one attached hydrogen (secondary N) is 1. The van der Waals surface area contributed by atoms with Crippen molar-refractivity contribution in [3.8, 4) is 0 Å². The molecule has 0 aromatic heterocycles. The van der Waals surface area contributed by atoms with E-state index in [9.17, 15) is 19.8 Å². The van der Waals surface area contributed by atoms with Gasteiger partial charge in [-0.05, 0) is 83.5 Å². The summed E-state index contributed by atoms with van der Waals surface area (Å²) in [7, 11) is 0. The summed E-state index contributed by atoms with van der Waals surface area (Å²) in [5.74, 6) is -0.0332. The summed E-state index contributed by atoms with van der Waals surface area (Å²) in [4.78, 5) is 24.6. The Kier molecular flexibility index (Phi) is 65.9. The molecule has 2 atom stereocenters. The first-order valence-electron chi connectivity index (χ1n) is 35.2. The predicted octanol–water partition coefficient (Wildman–Crippen LogP) is 22.7. The molecule has 0 aliphatic heterocycles. The Bertz CT molecular complexity index is 1260. The van der Waals surface area contributed by atoms with Crippen molar-refractivity contribution in [2.45, 2.75) is 398 Å². The van der Waals surface area contributed by atoms with Crippen molar-refractivity contribution in [2.24, 2.45) is 0 Å². The van der Waals surface area contributed by atoms with Crippen LogP contribution in [-0.4, -0.2) is 47.4 Å². The van der Waals surface area contributed by atoms with Crippen LogP contribution in [0.1, 0.15) is 386 Å². The third-order valence-electron chi connectivity index (χ3n) is 16.4. The number of carbonyl (C=O) groups excluding carboxylic acids is 2. The Morgan fingerprint density at radius 3 is 1.01 bits per heavy atom. The molecular weight excluding hydrogens is 959 g/mol. The van der Waals surface area contributed by atoms with Gasteiger partial charge in [0.1, 0.15) is 0 Å². The predicted molar refractivity (Wildman–Crippen MR) is 343 cm³/mol. The number of amides is 1. The Morgan fingerprint density at radius 1 is 0.359 bits per heavy atom. The minimum atomic E-state index is -0.668. The number of hydrogen-bond donors (Lipinski definition) is 3. The van der Waals surface area contributed by atoms with Gasteiger partial charge in [-0.1, -0.05) is 326 Å². The monoisotopic (exact) mass is 1100 g/mol. The van der Waals surface area contributed by atoms with Crippen molar-refractivity contribution in [3.05, 3.63) is 36.5 Å². The van der Waals surface area contributed by atoms with Gasteiger partial charge in [-0.3, -0.25) is 9.59 Å². The summed E-state index contributed by atoms with van der Waals surface area (Å²) in [5.41, 5.74) is 0. The molecule has 460 valence electrons.